The molecule has 0 aliphatic carbocycles. The number of aliphatic hydroxyl groups excluding tert-OH is 1. The van der Waals surface area contributed by atoms with Gasteiger partial charge in [-0.1, -0.05) is 25.9 Å². The van der Waals surface area contributed by atoms with E-state index < -0.39 is 6.10 Å². The van der Waals surface area contributed by atoms with E-state index in [2.05, 4.69) is 30.8 Å². The van der Waals surface area contributed by atoms with Crippen LogP contribution < -0.4 is 4.74 Å². The lowest BCUT2D eigenvalue weighted by atomic mass is 10.0. The van der Waals surface area contributed by atoms with Crippen LogP contribution in [-0.2, 0) is 9.57 Å². The Hall–Kier alpha value is -1.63. The third-order valence-electron chi connectivity index (χ3n) is 4.30. The number of methoxy groups -OCH3 is 1. The van der Waals surface area contributed by atoms with E-state index in [1.807, 2.05) is 24.3 Å². The molecule has 1 heterocycles. The maximum absolute atomic E-state index is 10.2. The lowest BCUT2D eigenvalue weighted by Gasteiger charge is -2.25. The highest BCUT2D eigenvalue weighted by molar-refractivity contribution is 6.01. The van der Waals surface area contributed by atoms with Gasteiger partial charge in [-0.25, -0.2) is 0 Å². The standard InChI is InChI=1S/C20H32N2O4/c1-5-22(11-17(23)14-25-13-15(2)3)12-19-10-20(21-26-19)16-6-8-18(24-4)9-7-16/h6-9,15,17,19,23H,5,10-14H2,1-4H3. The SMILES string of the molecule is CCN(CC(O)COCC(C)C)CC1CC(c2ccc(OC)cc2)=NO1. The average molecular weight is 364 g/mol. The van der Waals surface area contributed by atoms with Gasteiger partial charge in [0.05, 0.1) is 25.5 Å². The monoisotopic (exact) mass is 364 g/mol. The Bertz CT molecular complexity index is 559. The van der Waals surface area contributed by atoms with Crippen molar-refractivity contribution in [2.45, 2.75) is 39.4 Å². The molecule has 0 saturated carbocycles. The second-order valence-electron chi connectivity index (χ2n) is 7.14. The van der Waals surface area contributed by atoms with Crippen LogP contribution in [0.15, 0.2) is 29.4 Å². The quantitative estimate of drug-likeness (QED) is 0.654. The summed E-state index contributed by atoms with van der Waals surface area (Å²) in [6.07, 6.45) is 0.288. The van der Waals surface area contributed by atoms with Crippen LogP contribution in [0.5, 0.6) is 5.75 Å². The number of aliphatic hydroxyl groups is 1. The molecule has 0 fully saturated rings. The number of hydrogen-bond donors (Lipinski definition) is 1. The van der Waals surface area contributed by atoms with E-state index in [1.54, 1.807) is 7.11 Å². The summed E-state index contributed by atoms with van der Waals surface area (Å²) in [5.74, 6) is 1.31. The van der Waals surface area contributed by atoms with Crippen molar-refractivity contribution in [3.8, 4) is 5.75 Å². The first-order valence-electron chi connectivity index (χ1n) is 9.37. The minimum Gasteiger partial charge on any atom is -0.497 e. The molecule has 0 amide bonds. The van der Waals surface area contributed by atoms with Crippen molar-refractivity contribution in [1.29, 1.82) is 0 Å². The van der Waals surface area contributed by atoms with Gasteiger partial charge in [0.1, 0.15) is 11.9 Å². The summed E-state index contributed by atoms with van der Waals surface area (Å²) in [5, 5.41) is 14.4. The number of nitrogens with zero attached hydrogens (tertiary/aromatic N) is 2. The maximum atomic E-state index is 10.2. The van der Waals surface area contributed by atoms with Crippen molar-refractivity contribution in [1.82, 2.24) is 4.90 Å². The molecule has 6 nitrogen and oxygen atoms in total. The van der Waals surface area contributed by atoms with Gasteiger partial charge in [0.15, 0.2) is 0 Å². The largest absolute Gasteiger partial charge is 0.497 e. The van der Waals surface area contributed by atoms with Crippen molar-refractivity contribution in [3.05, 3.63) is 29.8 Å². The topological polar surface area (TPSA) is 63.5 Å². The molecule has 0 radical (unpaired) electrons. The molecule has 146 valence electrons. The summed E-state index contributed by atoms with van der Waals surface area (Å²) >= 11 is 0. The van der Waals surface area contributed by atoms with Crippen molar-refractivity contribution >= 4 is 5.71 Å². The van der Waals surface area contributed by atoms with Crippen LogP contribution in [0, 0.1) is 5.92 Å². The average Bonchev–Trinajstić information content (AvgIpc) is 3.09. The first-order chi connectivity index (χ1) is 12.5. The Morgan fingerprint density at radius 3 is 2.62 bits per heavy atom. The van der Waals surface area contributed by atoms with Crippen LogP contribution in [0.25, 0.3) is 0 Å². The molecule has 0 spiro atoms. The predicted octanol–water partition coefficient (Wildman–Crippen LogP) is 2.54. The van der Waals surface area contributed by atoms with E-state index in [9.17, 15) is 5.11 Å². The van der Waals surface area contributed by atoms with E-state index >= 15 is 0 Å². The Kier molecular flexibility index (Phi) is 8.35. The predicted molar refractivity (Wildman–Crippen MR) is 103 cm³/mol. The molecular formula is C20H32N2O4. The van der Waals surface area contributed by atoms with Crippen molar-refractivity contribution in [2.24, 2.45) is 11.1 Å². The van der Waals surface area contributed by atoms with Gasteiger partial charge in [0.2, 0.25) is 0 Å². The zero-order chi connectivity index (χ0) is 18.9. The molecule has 0 saturated heterocycles. The molecule has 26 heavy (non-hydrogen) atoms. The smallest absolute Gasteiger partial charge is 0.145 e. The Morgan fingerprint density at radius 1 is 1.27 bits per heavy atom. The number of rotatable bonds is 11. The zero-order valence-electron chi connectivity index (χ0n) is 16.4. The van der Waals surface area contributed by atoms with Crippen molar-refractivity contribution < 1.29 is 19.4 Å². The molecule has 1 aromatic carbocycles. The van der Waals surface area contributed by atoms with Gasteiger partial charge in [0.25, 0.3) is 0 Å². The highest BCUT2D eigenvalue weighted by atomic mass is 16.6. The summed E-state index contributed by atoms with van der Waals surface area (Å²) in [6, 6.07) is 7.85. The number of hydrogen-bond acceptors (Lipinski definition) is 6. The van der Waals surface area contributed by atoms with Crippen molar-refractivity contribution in [2.75, 3.05) is 40.0 Å². The van der Waals surface area contributed by atoms with Gasteiger partial charge < -0.3 is 19.4 Å². The van der Waals surface area contributed by atoms with Crippen LogP contribution in [0.2, 0.25) is 0 Å². The summed E-state index contributed by atoms with van der Waals surface area (Å²) in [5.41, 5.74) is 2.01. The number of likely N-dealkylation sites (N-methyl/N-ethyl adjacent to an activating group) is 1. The lowest BCUT2D eigenvalue weighted by Crippen LogP contribution is -2.39. The fourth-order valence-corrected chi connectivity index (χ4v) is 2.89. The molecule has 2 atom stereocenters. The van der Waals surface area contributed by atoms with Crippen LogP contribution in [0.1, 0.15) is 32.8 Å². The van der Waals surface area contributed by atoms with Gasteiger partial charge in [-0.05, 0) is 42.3 Å². The van der Waals surface area contributed by atoms with Gasteiger partial charge >= 0.3 is 0 Å². The lowest BCUT2D eigenvalue weighted by molar-refractivity contribution is -0.00421. The highest BCUT2D eigenvalue weighted by Crippen LogP contribution is 2.20. The fraction of sp³-hybridized carbons (Fsp3) is 0.650. The molecule has 1 aromatic rings. The summed E-state index contributed by atoms with van der Waals surface area (Å²) in [4.78, 5) is 7.79. The highest BCUT2D eigenvalue weighted by Gasteiger charge is 2.25. The normalized spacial score (nSPS) is 18.1. The zero-order valence-corrected chi connectivity index (χ0v) is 16.4. The fourth-order valence-electron chi connectivity index (χ4n) is 2.89. The Labute approximate surface area is 156 Å². The summed E-state index contributed by atoms with van der Waals surface area (Å²) < 4.78 is 10.7. The van der Waals surface area contributed by atoms with Crippen LogP contribution in [-0.4, -0.2) is 67.9 Å². The van der Waals surface area contributed by atoms with Crippen molar-refractivity contribution in [3.63, 3.8) is 0 Å². The van der Waals surface area contributed by atoms with Gasteiger partial charge in [0, 0.05) is 26.1 Å². The molecule has 0 aromatic heterocycles. The minimum atomic E-state index is -0.489. The molecule has 0 bridgehead atoms. The van der Waals surface area contributed by atoms with Crippen LogP contribution in [0.4, 0.5) is 0 Å². The second-order valence-corrected chi connectivity index (χ2v) is 7.14. The number of ether oxygens (including phenoxy) is 2. The van der Waals surface area contributed by atoms with E-state index in [4.69, 9.17) is 14.3 Å². The first-order valence-corrected chi connectivity index (χ1v) is 9.37. The van der Waals surface area contributed by atoms with Gasteiger partial charge in [-0.3, -0.25) is 4.90 Å². The minimum absolute atomic E-state index is 0.0100. The molecule has 1 aliphatic heterocycles. The summed E-state index contributed by atoms with van der Waals surface area (Å²) in [6.45, 7) is 9.49. The molecular weight excluding hydrogens is 332 g/mol. The number of oxime groups is 1. The van der Waals surface area contributed by atoms with E-state index in [0.29, 0.717) is 25.7 Å². The number of benzene rings is 1. The third kappa shape index (κ3) is 6.59. The second kappa shape index (κ2) is 10.5. The van der Waals surface area contributed by atoms with Crippen LogP contribution >= 0.6 is 0 Å². The molecule has 1 N–H and O–H groups in total. The maximum Gasteiger partial charge on any atom is 0.145 e. The third-order valence-corrected chi connectivity index (χ3v) is 4.30. The van der Waals surface area contributed by atoms with E-state index in [0.717, 1.165) is 36.5 Å². The van der Waals surface area contributed by atoms with Gasteiger partial charge in [-0.15, -0.1) is 0 Å². The van der Waals surface area contributed by atoms with E-state index in [1.165, 1.54) is 0 Å². The molecule has 6 heteroatoms. The summed E-state index contributed by atoms with van der Waals surface area (Å²) in [7, 11) is 1.66. The van der Waals surface area contributed by atoms with Crippen LogP contribution in [0.3, 0.4) is 0 Å². The molecule has 2 rings (SSSR count). The Balaban J connectivity index is 1.77. The molecule has 2 unspecified atom stereocenters. The van der Waals surface area contributed by atoms with E-state index in [-0.39, 0.29) is 6.10 Å². The van der Waals surface area contributed by atoms with Gasteiger partial charge in [-0.2, -0.15) is 0 Å². The Morgan fingerprint density at radius 2 is 2.00 bits per heavy atom. The first kappa shape index (κ1) is 20.7. The molecule has 1 aliphatic rings.